The Morgan fingerprint density at radius 2 is 2.05 bits per heavy atom. The third kappa shape index (κ3) is 3.94. The number of nitrogens with zero attached hydrogens (tertiary/aromatic N) is 3. The lowest BCUT2D eigenvalue weighted by atomic mass is 10.1. The number of nitriles is 1. The predicted molar refractivity (Wildman–Crippen MR) is 79.0 cm³/mol. The molecular formula is C16H20N4. The highest BCUT2D eigenvalue weighted by Crippen LogP contribution is 2.07. The van der Waals surface area contributed by atoms with Gasteiger partial charge in [-0.15, -0.1) is 0 Å². The van der Waals surface area contributed by atoms with Crippen molar-refractivity contribution < 1.29 is 0 Å². The van der Waals surface area contributed by atoms with Gasteiger partial charge in [0.15, 0.2) is 0 Å². The summed E-state index contributed by atoms with van der Waals surface area (Å²) in [6.45, 7) is 6.93. The summed E-state index contributed by atoms with van der Waals surface area (Å²) in [5.41, 5.74) is 1.87. The van der Waals surface area contributed by atoms with E-state index in [9.17, 15) is 0 Å². The molecular weight excluding hydrogens is 248 g/mol. The van der Waals surface area contributed by atoms with Gasteiger partial charge in [-0.25, -0.2) is 4.98 Å². The Balaban J connectivity index is 1.99. The molecule has 4 heteroatoms. The van der Waals surface area contributed by atoms with Gasteiger partial charge in [0.2, 0.25) is 0 Å². The van der Waals surface area contributed by atoms with Crippen molar-refractivity contribution in [3.63, 3.8) is 0 Å². The molecule has 0 fully saturated rings. The van der Waals surface area contributed by atoms with E-state index in [0.717, 1.165) is 25.5 Å². The minimum absolute atomic E-state index is 0.636. The van der Waals surface area contributed by atoms with Crippen LogP contribution in [0, 0.1) is 17.2 Å². The van der Waals surface area contributed by atoms with Crippen molar-refractivity contribution in [1.82, 2.24) is 14.9 Å². The number of nitrogens with one attached hydrogen (secondary N) is 1. The van der Waals surface area contributed by atoms with Gasteiger partial charge >= 0.3 is 0 Å². The predicted octanol–water partition coefficient (Wildman–Crippen LogP) is 2.55. The number of benzene rings is 1. The van der Waals surface area contributed by atoms with Crippen molar-refractivity contribution in [3.05, 3.63) is 53.6 Å². The summed E-state index contributed by atoms with van der Waals surface area (Å²) in [5.74, 6) is 1.67. The normalized spacial score (nSPS) is 10.7. The SMILES string of the molecule is CC(C)CNCc1nccn1Cc1ccc(C#N)cc1. The van der Waals surface area contributed by atoms with E-state index in [1.807, 2.05) is 36.7 Å². The van der Waals surface area contributed by atoms with E-state index in [2.05, 4.69) is 34.8 Å². The average molecular weight is 268 g/mol. The highest BCUT2D eigenvalue weighted by molar-refractivity contribution is 5.31. The molecule has 0 bridgehead atoms. The van der Waals surface area contributed by atoms with E-state index in [1.54, 1.807) is 0 Å². The van der Waals surface area contributed by atoms with Gasteiger partial charge in [0, 0.05) is 18.9 Å². The lowest BCUT2D eigenvalue weighted by Gasteiger charge is -2.10. The molecule has 0 saturated heterocycles. The Morgan fingerprint density at radius 1 is 1.30 bits per heavy atom. The molecule has 0 unspecified atom stereocenters. The van der Waals surface area contributed by atoms with Crippen LogP contribution in [0.25, 0.3) is 0 Å². The second-order valence-electron chi connectivity index (χ2n) is 5.30. The summed E-state index contributed by atoms with van der Waals surface area (Å²) in [6, 6.07) is 9.81. The monoisotopic (exact) mass is 268 g/mol. The zero-order chi connectivity index (χ0) is 14.4. The molecule has 1 N–H and O–H groups in total. The molecule has 0 aliphatic rings. The van der Waals surface area contributed by atoms with Crippen LogP contribution in [-0.4, -0.2) is 16.1 Å². The van der Waals surface area contributed by atoms with E-state index in [-0.39, 0.29) is 0 Å². The minimum Gasteiger partial charge on any atom is -0.329 e. The number of aromatic nitrogens is 2. The molecule has 1 aromatic carbocycles. The van der Waals surface area contributed by atoms with Crippen molar-refractivity contribution in [3.8, 4) is 6.07 Å². The molecule has 0 amide bonds. The van der Waals surface area contributed by atoms with E-state index < -0.39 is 0 Å². The van der Waals surface area contributed by atoms with Gasteiger partial charge in [0.05, 0.1) is 18.2 Å². The van der Waals surface area contributed by atoms with Crippen LogP contribution in [0.3, 0.4) is 0 Å². The van der Waals surface area contributed by atoms with Crippen molar-refractivity contribution in [2.75, 3.05) is 6.54 Å². The first-order valence-electron chi connectivity index (χ1n) is 6.89. The van der Waals surface area contributed by atoms with E-state index in [1.165, 1.54) is 5.56 Å². The fourth-order valence-electron chi connectivity index (χ4n) is 2.01. The zero-order valence-electron chi connectivity index (χ0n) is 12.0. The van der Waals surface area contributed by atoms with Crippen LogP contribution in [0.15, 0.2) is 36.7 Å². The summed E-state index contributed by atoms with van der Waals surface area (Å²) >= 11 is 0. The average Bonchev–Trinajstić information content (AvgIpc) is 2.87. The summed E-state index contributed by atoms with van der Waals surface area (Å²) in [5, 5.41) is 12.2. The molecule has 0 aliphatic carbocycles. The molecule has 1 aromatic heterocycles. The Hall–Kier alpha value is -2.12. The van der Waals surface area contributed by atoms with Gasteiger partial charge in [-0.3, -0.25) is 0 Å². The Kier molecular flexibility index (Phi) is 4.91. The third-order valence-corrected chi connectivity index (χ3v) is 3.07. The molecule has 2 aromatic rings. The Labute approximate surface area is 120 Å². The summed E-state index contributed by atoms with van der Waals surface area (Å²) in [6.07, 6.45) is 3.82. The van der Waals surface area contributed by atoms with Gasteiger partial charge in [-0.2, -0.15) is 5.26 Å². The number of hydrogen-bond donors (Lipinski definition) is 1. The van der Waals surface area contributed by atoms with E-state index >= 15 is 0 Å². The van der Waals surface area contributed by atoms with Gasteiger partial charge < -0.3 is 9.88 Å². The highest BCUT2D eigenvalue weighted by atomic mass is 15.1. The topological polar surface area (TPSA) is 53.6 Å². The molecule has 0 saturated carbocycles. The lowest BCUT2D eigenvalue weighted by Crippen LogP contribution is -2.21. The van der Waals surface area contributed by atoms with Crippen LogP contribution in [0.4, 0.5) is 0 Å². The molecule has 20 heavy (non-hydrogen) atoms. The summed E-state index contributed by atoms with van der Waals surface area (Å²) in [7, 11) is 0. The number of hydrogen-bond acceptors (Lipinski definition) is 3. The zero-order valence-corrected chi connectivity index (χ0v) is 12.0. The van der Waals surface area contributed by atoms with Crippen LogP contribution >= 0.6 is 0 Å². The van der Waals surface area contributed by atoms with Gasteiger partial charge in [-0.1, -0.05) is 26.0 Å². The second-order valence-corrected chi connectivity index (χ2v) is 5.30. The third-order valence-electron chi connectivity index (χ3n) is 3.07. The summed E-state index contributed by atoms with van der Waals surface area (Å²) in [4.78, 5) is 4.39. The van der Waals surface area contributed by atoms with Gasteiger partial charge in [-0.05, 0) is 30.2 Å². The Bertz CT molecular complexity index is 575. The van der Waals surface area contributed by atoms with Crippen molar-refractivity contribution >= 4 is 0 Å². The van der Waals surface area contributed by atoms with Crippen molar-refractivity contribution in [2.24, 2.45) is 5.92 Å². The fourth-order valence-corrected chi connectivity index (χ4v) is 2.01. The Morgan fingerprint density at radius 3 is 2.70 bits per heavy atom. The molecule has 1 heterocycles. The van der Waals surface area contributed by atoms with Crippen LogP contribution in [0.1, 0.15) is 30.8 Å². The molecule has 0 aliphatic heterocycles. The molecule has 4 nitrogen and oxygen atoms in total. The van der Waals surface area contributed by atoms with Crippen LogP contribution in [0.5, 0.6) is 0 Å². The highest BCUT2D eigenvalue weighted by Gasteiger charge is 2.04. The lowest BCUT2D eigenvalue weighted by molar-refractivity contribution is 0.533. The van der Waals surface area contributed by atoms with Crippen molar-refractivity contribution in [1.29, 1.82) is 5.26 Å². The van der Waals surface area contributed by atoms with E-state index in [0.29, 0.717) is 11.5 Å². The molecule has 0 spiro atoms. The summed E-state index contributed by atoms with van der Waals surface area (Å²) < 4.78 is 2.13. The van der Waals surface area contributed by atoms with Gasteiger partial charge in [0.25, 0.3) is 0 Å². The standard InChI is InChI=1S/C16H20N4/c1-13(2)10-18-11-16-19-7-8-20(16)12-15-5-3-14(9-17)4-6-15/h3-8,13,18H,10-12H2,1-2H3. The maximum atomic E-state index is 8.80. The van der Waals surface area contributed by atoms with Crippen LogP contribution in [0.2, 0.25) is 0 Å². The van der Waals surface area contributed by atoms with Crippen molar-refractivity contribution in [2.45, 2.75) is 26.9 Å². The maximum Gasteiger partial charge on any atom is 0.122 e. The van der Waals surface area contributed by atoms with Crippen LogP contribution < -0.4 is 5.32 Å². The first-order chi connectivity index (χ1) is 9.69. The number of rotatable bonds is 6. The molecule has 2 rings (SSSR count). The molecule has 104 valence electrons. The van der Waals surface area contributed by atoms with Crippen LogP contribution in [-0.2, 0) is 13.1 Å². The molecule has 0 radical (unpaired) electrons. The first kappa shape index (κ1) is 14.3. The maximum absolute atomic E-state index is 8.80. The number of imidazole rings is 1. The van der Waals surface area contributed by atoms with Gasteiger partial charge in [0.1, 0.15) is 5.82 Å². The largest absolute Gasteiger partial charge is 0.329 e. The second kappa shape index (κ2) is 6.88. The smallest absolute Gasteiger partial charge is 0.122 e. The fraction of sp³-hybridized carbons (Fsp3) is 0.375. The molecule has 0 atom stereocenters. The van der Waals surface area contributed by atoms with E-state index in [4.69, 9.17) is 5.26 Å². The first-order valence-corrected chi connectivity index (χ1v) is 6.89. The quantitative estimate of drug-likeness (QED) is 0.876. The minimum atomic E-state index is 0.636.